The van der Waals surface area contributed by atoms with Gasteiger partial charge in [-0.15, -0.1) is 0 Å². The minimum Gasteiger partial charge on any atom is -0.325 e. The summed E-state index contributed by atoms with van der Waals surface area (Å²) in [5.41, 5.74) is 7.18. The highest BCUT2D eigenvalue weighted by Crippen LogP contribution is 2.51. The smallest absolute Gasteiger partial charge is 0.0194 e. The van der Waals surface area contributed by atoms with Crippen molar-refractivity contribution in [3.05, 3.63) is 0 Å². The Morgan fingerprint density at radius 2 is 1.64 bits per heavy atom. The predicted octanol–water partition coefficient (Wildman–Crippen LogP) is 1.85. The summed E-state index contributed by atoms with van der Waals surface area (Å²) in [7, 11) is 2.21. The minimum atomic E-state index is 0.185. The molecule has 2 fully saturated rings. The van der Waals surface area contributed by atoms with Crippen LogP contribution >= 0.6 is 0 Å². The van der Waals surface area contributed by atoms with Crippen molar-refractivity contribution in [3.8, 4) is 0 Å². The molecule has 0 aromatic rings. The highest BCUT2D eigenvalue weighted by Gasteiger charge is 2.50. The van der Waals surface area contributed by atoms with Gasteiger partial charge in [0, 0.05) is 5.54 Å². The van der Waals surface area contributed by atoms with Crippen LogP contribution in [0.1, 0.15) is 39.5 Å². The molecule has 0 aromatic heterocycles. The molecular weight excluding hydrogens is 172 g/mol. The normalized spacial score (nSPS) is 32.6. The van der Waals surface area contributed by atoms with Crippen LogP contribution in [0.3, 0.4) is 0 Å². The standard InChI is InChI=1S/C12H24N2/c1-11(2)8-12(13,9-11)10-4-6-14(3)7-5-10/h10H,4-9,13H2,1-3H3. The number of rotatable bonds is 1. The lowest BCUT2D eigenvalue weighted by Crippen LogP contribution is -2.62. The topological polar surface area (TPSA) is 29.3 Å². The van der Waals surface area contributed by atoms with E-state index in [-0.39, 0.29) is 5.54 Å². The zero-order valence-electron chi connectivity index (χ0n) is 9.84. The molecule has 14 heavy (non-hydrogen) atoms. The lowest BCUT2D eigenvalue weighted by Gasteiger charge is -2.56. The van der Waals surface area contributed by atoms with Gasteiger partial charge in [0.15, 0.2) is 0 Å². The summed E-state index contributed by atoms with van der Waals surface area (Å²) in [5.74, 6) is 0.784. The number of nitrogens with zero attached hydrogens (tertiary/aromatic N) is 1. The fourth-order valence-electron chi connectivity index (χ4n) is 3.60. The highest BCUT2D eigenvalue weighted by molar-refractivity contribution is 5.07. The average Bonchev–Trinajstić information content (AvgIpc) is 2.01. The zero-order chi connectivity index (χ0) is 10.4. The van der Waals surface area contributed by atoms with Crippen LogP contribution in [0.4, 0.5) is 0 Å². The molecule has 2 N–H and O–H groups in total. The van der Waals surface area contributed by atoms with Crippen molar-refractivity contribution in [1.29, 1.82) is 0 Å². The molecule has 1 saturated heterocycles. The van der Waals surface area contributed by atoms with E-state index in [0.717, 1.165) is 5.92 Å². The molecule has 2 aliphatic rings. The second-order valence-electron chi connectivity index (χ2n) is 6.33. The Balaban J connectivity index is 1.91. The Kier molecular flexibility index (Phi) is 2.39. The molecule has 82 valence electrons. The van der Waals surface area contributed by atoms with Gasteiger partial charge in [0.2, 0.25) is 0 Å². The van der Waals surface area contributed by atoms with E-state index in [2.05, 4.69) is 25.8 Å². The Morgan fingerprint density at radius 1 is 1.14 bits per heavy atom. The largest absolute Gasteiger partial charge is 0.325 e. The van der Waals surface area contributed by atoms with E-state index in [4.69, 9.17) is 5.73 Å². The van der Waals surface area contributed by atoms with E-state index >= 15 is 0 Å². The fourth-order valence-corrected chi connectivity index (χ4v) is 3.60. The van der Waals surface area contributed by atoms with Gasteiger partial charge in [0.1, 0.15) is 0 Å². The van der Waals surface area contributed by atoms with Crippen LogP contribution in [0.5, 0.6) is 0 Å². The molecule has 1 aliphatic carbocycles. The Morgan fingerprint density at radius 3 is 2.07 bits per heavy atom. The fraction of sp³-hybridized carbons (Fsp3) is 1.00. The van der Waals surface area contributed by atoms with Crippen LogP contribution in [-0.2, 0) is 0 Å². The Bertz CT molecular complexity index is 206. The van der Waals surface area contributed by atoms with E-state index in [9.17, 15) is 0 Å². The summed E-state index contributed by atoms with van der Waals surface area (Å²) in [6.45, 7) is 7.16. The number of piperidine rings is 1. The highest BCUT2D eigenvalue weighted by atomic mass is 15.1. The van der Waals surface area contributed by atoms with Gasteiger partial charge in [-0.05, 0) is 57.2 Å². The number of likely N-dealkylation sites (tertiary alicyclic amines) is 1. The van der Waals surface area contributed by atoms with E-state index in [0.29, 0.717) is 5.41 Å². The summed E-state index contributed by atoms with van der Waals surface area (Å²) in [6.07, 6.45) is 5.08. The van der Waals surface area contributed by atoms with Gasteiger partial charge in [0.05, 0.1) is 0 Å². The van der Waals surface area contributed by atoms with Gasteiger partial charge in [0.25, 0.3) is 0 Å². The molecule has 0 amide bonds. The first-order chi connectivity index (χ1) is 6.41. The molecule has 0 spiro atoms. The summed E-state index contributed by atoms with van der Waals surface area (Å²) >= 11 is 0. The van der Waals surface area contributed by atoms with Crippen molar-refractivity contribution in [1.82, 2.24) is 4.90 Å². The van der Waals surface area contributed by atoms with Crippen molar-refractivity contribution in [3.63, 3.8) is 0 Å². The van der Waals surface area contributed by atoms with Crippen molar-refractivity contribution in [2.75, 3.05) is 20.1 Å². The van der Waals surface area contributed by atoms with Crippen LogP contribution in [0.25, 0.3) is 0 Å². The monoisotopic (exact) mass is 196 g/mol. The second-order valence-corrected chi connectivity index (χ2v) is 6.33. The molecule has 2 nitrogen and oxygen atoms in total. The first-order valence-corrected chi connectivity index (χ1v) is 5.89. The first kappa shape index (κ1) is 10.4. The third-order valence-electron chi connectivity index (χ3n) is 4.15. The van der Waals surface area contributed by atoms with Gasteiger partial charge in [-0.1, -0.05) is 13.8 Å². The molecule has 2 rings (SSSR count). The van der Waals surface area contributed by atoms with Crippen LogP contribution in [0, 0.1) is 11.3 Å². The molecule has 0 aromatic carbocycles. The molecule has 0 atom stereocenters. The number of hydrogen-bond acceptors (Lipinski definition) is 2. The Hall–Kier alpha value is -0.0800. The molecule has 1 heterocycles. The first-order valence-electron chi connectivity index (χ1n) is 5.89. The zero-order valence-corrected chi connectivity index (χ0v) is 9.84. The second kappa shape index (κ2) is 3.21. The summed E-state index contributed by atoms with van der Waals surface area (Å²) < 4.78 is 0. The number of nitrogens with two attached hydrogens (primary N) is 1. The van der Waals surface area contributed by atoms with E-state index in [1.54, 1.807) is 0 Å². The van der Waals surface area contributed by atoms with Gasteiger partial charge >= 0.3 is 0 Å². The molecule has 1 aliphatic heterocycles. The lowest BCUT2D eigenvalue weighted by molar-refractivity contribution is -0.00558. The molecule has 2 heteroatoms. The van der Waals surface area contributed by atoms with Crippen molar-refractivity contribution < 1.29 is 0 Å². The van der Waals surface area contributed by atoms with Crippen LogP contribution in [-0.4, -0.2) is 30.6 Å². The Labute approximate surface area is 87.8 Å². The molecule has 1 saturated carbocycles. The maximum absolute atomic E-state index is 6.48. The van der Waals surface area contributed by atoms with Crippen molar-refractivity contribution in [2.45, 2.75) is 45.1 Å². The molecular formula is C12H24N2. The van der Waals surface area contributed by atoms with Gasteiger partial charge in [-0.2, -0.15) is 0 Å². The molecule has 0 unspecified atom stereocenters. The third-order valence-corrected chi connectivity index (χ3v) is 4.15. The minimum absolute atomic E-state index is 0.185. The van der Waals surface area contributed by atoms with E-state index in [1.165, 1.54) is 38.8 Å². The quantitative estimate of drug-likeness (QED) is 0.693. The van der Waals surface area contributed by atoms with Crippen molar-refractivity contribution in [2.24, 2.45) is 17.1 Å². The maximum Gasteiger partial charge on any atom is 0.0194 e. The maximum atomic E-state index is 6.48. The van der Waals surface area contributed by atoms with E-state index in [1.807, 2.05) is 0 Å². The number of hydrogen-bond donors (Lipinski definition) is 1. The predicted molar refractivity (Wildman–Crippen MR) is 60.2 cm³/mol. The van der Waals surface area contributed by atoms with E-state index < -0.39 is 0 Å². The molecule has 0 radical (unpaired) electrons. The van der Waals surface area contributed by atoms with Gasteiger partial charge in [-0.3, -0.25) is 0 Å². The summed E-state index contributed by atoms with van der Waals surface area (Å²) in [4.78, 5) is 2.42. The van der Waals surface area contributed by atoms with Crippen molar-refractivity contribution >= 4 is 0 Å². The van der Waals surface area contributed by atoms with Crippen LogP contribution < -0.4 is 5.73 Å². The van der Waals surface area contributed by atoms with Gasteiger partial charge < -0.3 is 10.6 Å². The average molecular weight is 196 g/mol. The van der Waals surface area contributed by atoms with Crippen LogP contribution in [0.15, 0.2) is 0 Å². The molecule has 0 bridgehead atoms. The summed E-state index contributed by atoms with van der Waals surface area (Å²) in [6, 6.07) is 0. The van der Waals surface area contributed by atoms with Crippen LogP contribution in [0.2, 0.25) is 0 Å². The van der Waals surface area contributed by atoms with Gasteiger partial charge in [-0.25, -0.2) is 0 Å². The summed E-state index contributed by atoms with van der Waals surface area (Å²) in [5, 5.41) is 0. The SMILES string of the molecule is CN1CCC(C2(N)CC(C)(C)C2)CC1. The third kappa shape index (κ3) is 1.82. The lowest BCUT2D eigenvalue weighted by atomic mass is 9.54.